The second kappa shape index (κ2) is 11.7. The molecular formula is C21H27ClF4N2O5. The maximum Gasteiger partial charge on any atom is 0.522 e. The molecule has 0 unspecified atom stereocenters. The number of rotatable bonds is 10. The molecule has 1 aliphatic heterocycles. The van der Waals surface area contributed by atoms with Gasteiger partial charge < -0.3 is 19.5 Å². The number of benzene rings is 1. The second-order valence-corrected chi connectivity index (χ2v) is 8.46. The summed E-state index contributed by atoms with van der Waals surface area (Å²) in [5.74, 6) is -0.778. The van der Waals surface area contributed by atoms with Gasteiger partial charge in [-0.1, -0.05) is 11.6 Å². The lowest BCUT2D eigenvalue weighted by Gasteiger charge is -2.39. The van der Waals surface area contributed by atoms with E-state index in [0.29, 0.717) is 32.7 Å². The van der Waals surface area contributed by atoms with Gasteiger partial charge in [0.15, 0.2) is 6.61 Å². The Labute approximate surface area is 194 Å². The molecule has 1 aliphatic carbocycles. The minimum Gasteiger partial charge on any atom is -0.484 e. The van der Waals surface area contributed by atoms with Crippen LogP contribution < -0.4 is 10.1 Å². The van der Waals surface area contributed by atoms with Crippen molar-refractivity contribution in [3.05, 3.63) is 29.0 Å². The fourth-order valence-corrected chi connectivity index (χ4v) is 3.96. The highest BCUT2D eigenvalue weighted by atomic mass is 35.5. The van der Waals surface area contributed by atoms with Gasteiger partial charge in [-0.05, 0) is 18.6 Å². The van der Waals surface area contributed by atoms with Crippen molar-refractivity contribution in [2.24, 2.45) is 0 Å². The van der Waals surface area contributed by atoms with Gasteiger partial charge >= 0.3 is 6.36 Å². The topological polar surface area (TPSA) is 69.3 Å². The van der Waals surface area contributed by atoms with Crippen LogP contribution >= 0.6 is 11.6 Å². The molecule has 2 aliphatic rings. The van der Waals surface area contributed by atoms with Crippen molar-refractivity contribution < 1.29 is 41.3 Å². The predicted molar refractivity (Wildman–Crippen MR) is 111 cm³/mol. The Morgan fingerprint density at radius 3 is 2.70 bits per heavy atom. The number of methoxy groups -OCH3 is 1. The number of halogens is 5. The first kappa shape index (κ1) is 26.0. The molecule has 7 nitrogen and oxygen atoms in total. The molecule has 2 fully saturated rings. The van der Waals surface area contributed by atoms with Gasteiger partial charge in [0.2, 0.25) is 0 Å². The van der Waals surface area contributed by atoms with Gasteiger partial charge in [-0.25, -0.2) is 4.39 Å². The monoisotopic (exact) mass is 498 g/mol. The molecule has 1 saturated heterocycles. The average molecular weight is 499 g/mol. The third-order valence-corrected chi connectivity index (χ3v) is 5.97. The minimum atomic E-state index is -4.61. The number of hydrogen-bond acceptors (Lipinski definition) is 6. The maximum absolute atomic E-state index is 13.5. The van der Waals surface area contributed by atoms with E-state index in [9.17, 15) is 22.4 Å². The smallest absolute Gasteiger partial charge is 0.484 e. The Bertz CT molecular complexity index is 794. The normalized spacial score (nSPS) is 26.0. The van der Waals surface area contributed by atoms with E-state index >= 15 is 0 Å². The summed E-state index contributed by atoms with van der Waals surface area (Å²) in [6.07, 6.45) is -4.78. The quantitative estimate of drug-likeness (QED) is 0.500. The maximum atomic E-state index is 13.5. The lowest BCUT2D eigenvalue weighted by molar-refractivity contribution is -0.357. The third kappa shape index (κ3) is 8.25. The van der Waals surface area contributed by atoms with E-state index in [0.717, 1.165) is 6.07 Å². The average Bonchev–Trinajstić information content (AvgIpc) is 2.72. The van der Waals surface area contributed by atoms with Crippen molar-refractivity contribution in [2.45, 2.75) is 50.0 Å². The van der Waals surface area contributed by atoms with Gasteiger partial charge in [0.1, 0.15) is 11.6 Å². The molecule has 1 N–H and O–H groups in total. The first-order valence-corrected chi connectivity index (χ1v) is 11.0. The van der Waals surface area contributed by atoms with Crippen molar-refractivity contribution in [2.75, 3.05) is 40.0 Å². The highest BCUT2D eigenvalue weighted by Crippen LogP contribution is 2.32. The summed E-state index contributed by atoms with van der Waals surface area (Å²) in [6.45, 7) is 1.99. The molecule has 0 spiro atoms. The van der Waals surface area contributed by atoms with Crippen LogP contribution in [0.3, 0.4) is 0 Å². The van der Waals surface area contributed by atoms with E-state index in [2.05, 4.69) is 15.0 Å². The fraction of sp³-hybridized carbons (Fsp3) is 0.667. The van der Waals surface area contributed by atoms with Crippen LogP contribution in [0.5, 0.6) is 5.75 Å². The lowest BCUT2D eigenvalue weighted by Crippen LogP contribution is -2.56. The first-order valence-electron chi connectivity index (χ1n) is 10.6. The van der Waals surface area contributed by atoms with Crippen molar-refractivity contribution in [1.82, 2.24) is 10.2 Å². The van der Waals surface area contributed by atoms with Gasteiger partial charge in [0.25, 0.3) is 5.91 Å². The molecular weight excluding hydrogens is 472 g/mol. The van der Waals surface area contributed by atoms with E-state index in [4.69, 9.17) is 25.8 Å². The van der Waals surface area contributed by atoms with Crippen molar-refractivity contribution in [3.63, 3.8) is 0 Å². The Morgan fingerprint density at radius 2 is 2.03 bits per heavy atom. The Hall–Kier alpha value is -1.66. The highest BCUT2D eigenvalue weighted by Gasteiger charge is 2.40. The number of amides is 1. The van der Waals surface area contributed by atoms with Crippen LogP contribution in [-0.4, -0.2) is 81.5 Å². The summed E-state index contributed by atoms with van der Waals surface area (Å²) in [7, 11) is 1.56. The third-order valence-electron chi connectivity index (χ3n) is 5.67. The molecule has 3 rings (SSSR count). The van der Waals surface area contributed by atoms with Crippen LogP contribution in [-0.2, 0) is 19.0 Å². The van der Waals surface area contributed by atoms with Crippen molar-refractivity contribution in [3.8, 4) is 5.75 Å². The number of ether oxygens (including phenoxy) is 4. The lowest BCUT2D eigenvalue weighted by atomic mass is 9.92. The number of nitrogens with one attached hydrogen (secondary N) is 1. The summed E-state index contributed by atoms with van der Waals surface area (Å²) < 4.78 is 70.3. The molecule has 12 heteroatoms. The molecule has 1 saturated carbocycles. The second-order valence-electron chi connectivity index (χ2n) is 8.05. The van der Waals surface area contributed by atoms with Gasteiger partial charge in [0.05, 0.1) is 36.0 Å². The van der Waals surface area contributed by atoms with E-state index in [1.807, 2.05) is 0 Å². The molecule has 1 aromatic carbocycles. The molecule has 1 amide bonds. The number of piperidine rings is 1. The van der Waals surface area contributed by atoms with Crippen molar-refractivity contribution in [1.29, 1.82) is 0 Å². The molecule has 0 radical (unpaired) electrons. The number of likely N-dealkylation sites (tertiary alicyclic amines) is 1. The summed E-state index contributed by atoms with van der Waals surface area (Å²) in [5, 5.41) is 2.85. The van der Waals surface area contributed by atoms with Crippen LogP contribution in [0.25, 0.3) is 0 Å². The molecule has 33 heavy (non-hydrogen) atoms. The molecule has 1 heterocycles. The number of carbonyl (C=O) groups excluding carboxylic acids is 1. The van der Waals surface area contributed by atoms with Gasteiger partial charge in [-0.3, -0.25) is 14.4 Å². The van der Waals surface area contributed by atoms with E-state index < -0.39 is 18.3 Å². The zero-order valence-electron chi connectivity index (χ0n) is 18.1. The Balaban J connectivity index is 1.32. The van der Waals surface area contributed by atoms with Gasteiger partial charge in [0, 0.05) is 45.7 Å². The van der Waals surface area contributed by atoms with E-state index in [1.165, 1.54) is 12.1 Å². The van der Waals surface area contributed by atoms with Gasteiger partial charge in [-0.15, -0.1) is 13.2 Å². The molecule has 2 atom stereocenters. The summed E-state index contributed by atoms with van der Waals surface area (Å²) >= 11 is 5.62. The Kier molecular flexibility index (Phi) is 9.17. The largest absolute Gasteiger partial charge is 0.522 e. The van der Waals surface area contributed by atoms with E-state index in [-0.39, 0.29) is 54.4 Å². The number of alkyl halides is 3. The zero-order chi connectivity index (χ0) is 24.0. The number of hydrogen-bond donors (Lipinski definition) is 1. The van der Waals surface area contributed by atoms with Crippen LogP contribution in [0.2, 0.25) is 5.02 Å². The highest BCUT2D eigenvalue weighted by molar-refractivity contribution is 6.30. The Morgan fingerprint density at radius 1 is 1.27 bits per heavy atom. The zero-order valence-corrected chi connectivity index (χ0v) is 18.8. The minimum absolute atomic E-state index is 0.0285. The SMILES string of the molecule is CO[C@H]1CN(CCOC2CC(OC(F)(F)F)C2)CC[C@H]1NC(=O)COc1ccc(Cl)c(F)c1. The van der Waals surface area contributed by atoms with Crippen LogP contribution in [0, 0.1) is 5.82 Å². The van der Waals surface area contributed by atoms with E-state index in [1.54, 1.807) is 7.11 Å². The van der Waals surface area contributed by atoms with Crippen LogP contribution in [0.1, 0.15) is 19.3 Å². The fourth-order valence-electron chi connectivity index (χ4n) is 3.84. The standard InChI is InChI=1S/C21H27ClF4N2O5/c1-30-19-11-28(6-7-31-14-8-15(9-14)33-21(24,25)26)5-4-18(19)27-20(29)12-32-13-2-3-16(22)17(23)10-13/h2-3,10,14-15,18-19H,4-9,11-12H2,1H3,(H,27,29)/t14?,15?,18-,19+/m1/s1. The molecule has 0 bridgehead atoms. The molecule has 1 aromatic rings. The predicted octanol–water partition coefficient (Wildman–Crippen LogP) is 3.15. The molecule has 186 valence electrons. The number of carbonyl (C=O) groups is 1. The summed E-state index contributed by atoms with van der Waals surface area (Å²) in [4.78, 5) is 14.4. The van der Waals surface area contributed by atoms with Gasteiger partial charge in [-0.2, -0.15) is 0 Å². The molecule has 0 aromatic heterocycles. The van der Waals surface area contributed by atoms with Crippen molar-refractivity contribution >= 4 is 17.5 Å². The number of nitrogens with zero attached hydrogens (tertiary/aromatic N) is 1. The summed E-state index contributed by atoms with van der Waals surface area (Å²) in [6, 6.07) is 3.73. The van der Waals surface area contributed by atoms with Crippen LogP contribution in [0.15, 0.2) is 18.2 Å². The first-order chi connectivity index (χ1) is 15.6. The van der Waals surface area contributed by atoms with Crippen LogP contribution in [0.4, 0.5) is 17.6 Å². The summed E-state index contributed by atoms with van der Waals surface area (Å²) in [5.41, 5.74) is 0.